The Morgan fingerprint density at radius 2 is 2.25 bits per heavy atom. The fourth-order valence-corrected chi connectivity index (χ4v) is 1.75. The van der Waals surface area contributed by atoms with E-state index in [1.807, 2.05) is 13.0 Å². The Morgan fingerprint density at radius 1 is 1.50 bits per heavy atom. The van der Waals surface area contributed by atoms with Crippen LogP contribution in [0.25, 0.3) is 0 Å². The van der Waals surface area contributed by atoms with Crippen LogP contribution in [0.5, 0.6) is 0 Å². The quantitative estimate of drug-likeness (QED) is 0.614. The van der Waals surface area contributed by atoms with Crippen LogP contribution in [0, 0.1) is 18.7 Å². The molecule has 0 spiro atoms. The Kier molecular flexibility index (Phi) is 3.22. The summed E-state index contributed by atoms with van der Waals surface area (Å²) in [5.74, 6) is 1.15. The van der Waals surface area contributed by atoms with Crippen molar-refractivity contribution in [3.8, 4) is 0 Å². The maximum absolute atomic E-state index is 12.9. The van der Waals surface area contributed by atoms with E-state index in [9.17, 15) is 4.39 Å². The summed E-state index contributed by atoms with van der Waals surface area (Å²) in [6, 6.07) is 4.88. The van der Waals surface area contributed by atoms with Crippen LogP contribution in [0.3, 0.4) is 0 Å². The fourth-order valence-electron chi connectivity index (χ4n) is 1.75. The molecule has 1 aromatic rings. The molecule has 1 saturated carbocycles. The summed E-state index contributed by atoms with van der Waals surface area (Å²) >= 11 is 0. The van der Waals surface area contributed by atoms with Gasteiger partial charge in [-0.15, -0.1) is 0 Å². The highest BCUT2D eigenvalue weighted by molar-refractivity contribution is 5.84. The van der Waals surface area contributed by atoms with Crippen molar-refractivity contribution in [2.24, 2.45) is 16.6 Å². The molecule has 0 atom stereocenters. The molecule has 0 saturated heterocycles. The van der Waals surface area contributed by atoms with E-state index < -0.39 is 0 Å². The van der Waals surface area contributed by atoms with Crippen molar-refractivity contribution in [3.05, 3.63) is 35.1 Å². The average Bonchev–Trinajstić information content (AvgIpc) is 3.04. The van der Waals surface area contributed by atoms with Crippen molar-refractivity contribution in [2.45, 2.75) is 26.2 Å². The molecule has 0 heterocycles. The molecular weight excluding hydrogens is 203 g/mol. The molecule has 0 amide bonds. The number of rotatable bonds is 4. The molecule has 1 aliphatic rings. The second kappa shape index (κ2) is 4.64. The Bertz CT molecular complexity index is 408. The molecule has 0 unspecified atom stereocenters. The SMILES string of the molecule is Cc1cc(F)ccc1CCN=C(N)C1CC1. The van der Waals surface area contributed by atoms with Gasteiger partial charge in [0.1, 0.15) is 5.82 Å². The number of benzene rings is 1. The van der Waals surface area contributed by atoms with E-state index in [1.165, 1.54) is 18.9 Å². The number of hydrogen-bond acceptors (Lipinski definition) is 1. The zero-order valence-corrected chi connectivity index (χ0v) is 9.54. The summed E-state index contributed by atoms with van der Waals surface area (Å²) in [6.45, 7) is 2.63. The van der Waals surface area contributed by atoms with Crippen molar-refractivity contribution in [2.75, 3.05) is 6.54 Å². The first kappa shape index (κ1) is 11.1. The van der Waals surface area contributed by atoms with Gasteiger partial charge < -0.3 is 5.73 Å². The molecule has 0 radical (unpaired) electrons. The van der Waals surface area contributed by atoms with Crippen molar-refractivity contribution < 1.29 is 4.39 Å². The number of aryl methyl sites for hydroxylation is 1. The zero-order chi connectivity index (χ0) is 11.5. The molecule has 0 aliphatic heterocycles. The minimum atomic E-state index is -0.178. The highest BCUT2D eigenvalue weighted by atomic mass is 19.1. The molecule has 3 heteroatoms. The van der Waals surface area contributed by atoms with Crippen LogP contribution in [0.15, 0.2) is 23.2 Å². The van der Waals surface area contributed by atoms with Crippen LogP contribution in [0.4, 0.5) is 4.39 Å². The second-order valence-electron chi connectivity index (χ2n) is 4.40. The van der Waals surface area contributed by atoms with Gasteiger partial charge in [-0.25, -0.2) is 4.39 Å². The lowest BCUT2D eigenvalue weighted by molar-refractivity contribution is 0.625. The van der Waals surface area contributed by atoms with Crippen molar-refractivity contribution in [1.29, 1.82) is 0 Å². The molecule has 86 valence electrons. The zero-order valence-electron chi connectivity index (χ0n) is 9.54. The molecule has 1 aliphatic carbocycles. The van der Waals surface area contributed by atoms with Gasteiger partial charge >= 0.3 is 0 Å². The first-order chi connectivity index (χ1) is 7.66. The van der Waals surface area contributed by atoms with E-state index in [0.29, 0.717) is 12.5 Å². The monoisotopic (exact) mass is 220 g/mol. The number of amidine groups is 1. The highest BCUT2D eigenvalue weighted by Gasteiger charge is 2.24. The first-order valence-electron chi connectivity index (χ1n) is 5.71. The van der Waals surface area contributed by atoms with Crippen molar-refractivity contribution in [3.63, 3.8) is 0 Å². The third-order valence-corrected chi connectivity index (χ3v) is 2.98. The van der Waals surface area contributed by atoms with Crippen LogP contribution >= 0.6 is 0 Å². The summed E-state index contributed by atoms with van der Waals surface area (Å²) in [4.78, 5) is 4.35. The summed E-state index contributed by atoms with van der Waals surface area (Å²) in [5.41, 5.74) is 7.93. The van der Waals surface area contributed by atoms with Gasteiger partial charge in [0, 0.05) is 12.5 Å². The molecule has 1 aromatic carbocycles. The van der Waals surface area contributed by atoms with Gasteiger partial charge in [-0.3, -0.25) is 4.99 Å². The fraction of sp³-hybridized carbons (Fsp3) is 0.462. The topological polar surface area (TPSA) is 38.4 Å². The number of nitrogens with two attached hydrogens (primary N) is 1. The van der Waals surface area contributed by atoms with E-state index in [4.69, 9.17) is 5.73 Å². The van der Waals surface area contributed by atoms with Gasteiger partial charge in [0.2, 0.25) is 0 Å². The lowest BCUT2D eigenvalue weighted by Gasteiger charge is -2.04. The van der Waals surface area contributed by atoms with Gasteiger partial charge in [-0.1, -0.05) is 6.07 Å². The maximum atomic E-state index is 12.9. The number of nitrogens with zero attached hydrogens (tertiary/aromatic N) is 1. The normalized spacial score (nSPS) is 16.5. The number of aliphatic imine (C=N–C) groups is 1. The average molecular weight is 220 g/mol. The van der Waals surface area contributed by atoms with Crippen LogP contribution in [0.1, 0.15) is 24.0 Å². The predicted octanol–water partition coefficient (Wildman–Crippen LogP) is 2.44. The number of halogens is 1. The van der Waals surface area contributed by atoms with Crippen molar-refractivity contribution >= 4 is 5.84 Å². The van der Waals surface area contributed by atoms with E-state index in [-0.39, 0.29) is 5.82 Å². The molecule has 2 nitrogen and oxygen atoms in total. The lowest BCUT2D eigenvalue weighted by atomic mass is 10.1. The Labute approximate surface area is 95.4 Å². The third-order valence-electron chi connectivity index (χ3n) is 2.98. The van der Waals surface area contributed by atoms with Gasteiger partial charge in [0.05, 0.1) is 5.84 Å². The third kappa shape index (κ3) is 2.81. The lowest BCUT2D eigenvalue weighted by Crippen LogP contribution is -2.14. The summed E-state index contributed by atoms with van der Waals surface area (Å²) in [6.07, 6.45) is 3.20. The maximum Gasteiger partial charge on any atom is 0.123 e. The Hall–Kier alpha value is -1.38. The largest absolute Gasteiger partial charge is 0.387 e. The molecule has 0 bridgehead atoms. The van der Waals surface area contributed by atoms with Gasteiger partial charge in [0.25, 0.3) is 0 Å². The molecule has 2 N–H and O–H groups in total. The predicted molar refractivity (Wildman–Crippen MR) is 64.1 cm³/mol. The minimum Gasteiger partial charge on any atom is -0.387 e. The standard InChI is InChI=1S/C13H17FN2/c1-9-8-12(14)5-4-10(9)6-7-16-13(15)11-2-3-11/h4-5,8,11H,2-3,6-7H2,1H3,(H2,15,16). The molecule has 0 aromatic heterocycles. The minimum absolute atomic E-state index is 0.178. The Balaban J connectivity index is 1.91. The molecular formula is C13H17FN2. The van der Waals surface area contributed by atoms with E-state index in [0.717, 1.165) is 23.4 Å². The summed E-state index contributed by atoms with van der Waals surface area (Å²) in [5, 5.41) is 0. The van der Waals surface area contributed by atoms with Crippen LogP contribution in [-0.4, -0.2) is 12.4 Å². The van der Waals surface area contributed by atoms with E-state index in [2.05, 4.69) is 4.99 Å². The second-order valence-corrected chi connectivity index (χ2v) is 4.40. The highest BCUT2D eigenvalue weighted by Crippen LogP contribution is 2.28. The molecule has 1 fully saturated rings. The smallest absolute Gasteiger partial charge is 0.123 e. The molecule has 16 heavy (non-hydrogen) atoms. The Morgan fingerprint density at radius 3 is 2.88 bits per heavy atom. The van der Waals surface area contributed by atoms with Gasteiger partial charge in [0.15, 0.2) is 0 Å². The summed E-state index contributed by atoms with van der Waals surface area (Å²) < 4.78 is 12.9. The van der Waals surface area contributed by atoms with Crippen LogP contribution in [0.2, 0.25) is 0 Å². The van der Waals surface area contributed by atoms with Crippen LogP contribution in [-0.2, 0) is 6.42 Å². The molecule has 2 rings (SSSR count). The van der Waals surface area contributed by atoms with Gasteiger partial charge in [-0.2, -0.15) is 0 Å². The van der Waals surface area contributed by atoms with E-state index in [1.54, 1.807) is 6.07 Å². The van der Waals surface area contributed by atoms with Crippen molar-refractivity contribution in [1.82, 2.24) is 0 Å². The van der Waals surface area contributed by atoms with E-state index >= 15 is 0 Å². The first-order valence-corrected chi connectivity index (χ1v) is 5.71. The van der Waals surface area contributed by atoms with Gasteiger partial charge in [-0.05, 0) is 49.4 Å². The summed E-state index contributed by atoms with van der Waals surface area (Å²) in [7, 11) is 0. The number of hydrogen-bond donors (Lipinski definition) is 1. The van der Waals surface area contributed by atoms with Crippen LogP contribution < -0.4 is 5.73 Å².